The second-order valence-electron chi connectivity index (χ2n) is 3.02. The van der Waals surface area contributed by atoms with Gasteiger partial charge < -0.3 is 5.32 Å². The number of thiocarbonyl (C=S) groups is 1. The molecular formula is C11H8N2OS2. The number of rotatable bonds is 2. The van der Waals surface area contributed by atoms with Crippen molar-refractivity contribution >= 4 is 40.3 Å². The maximum Gasteiger partial charge on any atom is 0.263 e. The summed E-state index contributed by atoms with van der Waals surface area (Å²) in [6, 6.07) is 3.80. The van der Waals surface area contributed by atoms with Crippen LogP contribution >= 0.6 is 24.0 Å². The molecule has 1 N–H and O–H groups in total. The van der Waals surface area contributed by atoms with Crippen molar-refractivity contribution in [1.29, 1.82) is 0 Å². The Labute approximate surface area is 103 Å². The lowest BCUT2D eigenvalue weighted by Gasteiger charge is -1.89. The molecule has 1 aromatic rings. The third-order valence-corrected chi connectivity index (χ3v) is 3.04. The minimum absolute atomic E-state index is 0.133. The molecule has 3 nitrogen and oxygen atoms in total. The highest BCUT2D eigenvalue weighted by Crippen LogP contribution is 2.23. The first kappa shape index (κ1) is 11.0. The topological polar surface area (TPSA) is 42.0 Å². The Kier molecular flexibility index (Phi) is 3.48. The summed E-state index contributed by atoms with van der Waals surface area (Å²) in [6.07, 6.45) is 8.91. The average Bonchev–Trinajstić information content (AvgIpc) is 2.59. The van der Waals surface area contributed by atoms with E-state index in [1.165, 1.54) is 11.8 Å². The summed E-state index contributed by atoms with van der Waals surface area (Å²) >= 11 is 6.15. The number of carbonyl (C=O) groups excluding carboxylic acids is 1. The van der Waals surface area contributed by atoms with Gasteiger partial charge in [-0.1, -0.05) is 42.2 Å². The van der Waals surface area contributed by atoms with Crippen LogP contribution in [0, 0.1) is 0 Å². The van der Waals surface area contributed by atoms with Crippen LogP contribution in [0.15, 0.2) is 41.6 Å². The summed E-state index contributed by atoms with van der Waals surface area (Å²) in [5.41, 5.74) is 0.991. The summed E-state index contributed by atoms with van der Waals surface area (Å²) in [6.45, 7) is 0. The molecule has 1 amide bonds. The first-order valence-electron chi connectivity index (χ1n) is 4.57. The van der Waals surface area contributed by atoms with Crippen molar-refractivity contribution in [2.24, 2.45) is 0 Å². The molecule has 0 atom stereocenters. The van der Waals surface area contributed by atoms with Crippen molar-refractivity contribution in [3.63, 3.8) is 0 Å². The van der Waals surface area contributed by atoms with Gasteiger partial charge in [0.25, 0.3) is 5.91 Å². The normalized spacial score (nSPS) is 18.4. The number of thioether (sulfide) groups is 1. The molecule has 2 heterocycles. The third-order valence-electron chi connectivity index (χ3n) is 1.86. The fourth-order valence-electron chi connectivity index (χ4n) is 1.16. The number of nitrogens with one attached hydrogen (secondary N) is 1. The smallest absolute Gasteiger partial charge is 0.263 e. The zero-order valence-electron chi connectivity index (χ0n) is 8.21. The molecule has 1 aromatic heterocycles. The molecule has 0 unspecified atom stereocenters. The van der Waals surface area contributed by atoms with Crippen LogP contribution in [0.3, 0.4) is 0 Å². The predicted octanol–water partition coefficient (Wildman–Crippen LogP) is 2.13. The number of hydrogen-bond donors (Lipinski definition) is 1. The molecule has 0 bridgehead atoms. The lowest BCUT2D eigenvalue weighted by Crippen LogP contribution is -2.17. The van der Waals surface area contributed by atoms with Crippen molar-refractivity contribution in [2.75, 3.05) is 0 Å². The predicted molar refractivity (Wildman–Crippen MR) is 69.7 cm³/mol. The van der Waals surface area contributed by atoms with E-state index in [4.69, 9.17) is 12.2 Å². The van der Waals surface area contributed by atoms with Crippen LogP contribution in [-0.2, 0) is 4.79 Å². The van der Waals surface area contributed by atoms with Gasteiger partial charge in [-0.05, 0) is 17.7 Å². The van der Waals surface area contributed by atoms with E-state index in [0.29, 0.717) is 9.23 Å². The fourth-order valence-corrected chi connectivity index (χ4v) is 2.15. The van der Waals surface area contributed by atoms with Crippen LogP contribution in [0.4, 0.5) is 0 Å². The van der Waals surface area contributed by atoms with Gasteiger partial charge in [-0.25, -0.2) is 0 Å². The van der Waals surface area contributed by atoms with E-state index in [1.807, 2.05) is 24.3 Å². The highest BCUT2D eigenvalue weighted by Gasteiger charge is 2.20. The van der Waals surface area contributed by atoms with E-state index >= 15 is 0 Å². The van der Waals surface area contributed by atoms with Crippen LogP contribution in [0.5, 0.6) is 0 Å². The van der Waals surface area contributed by atoms with Gasteiger partial charge in [0.15, 0.2) is 0 Å². The lowest BCUT2D eigenvalue weighted by atomic mass is 10.2. The van der Waals surface area contributed by atoms with Gasteiger partial charge in [0, 0.05) is 12.4 Å². The molecule has 1 fully saturated rings. The molecule has 0 saturated carbocycles. The average molecular weight is 248 g/mol. The summed E-state index contributed by atoms with van der Waals surface area (Å²) in [5.74, 6) is -0.133. The molecular weight excluding hydrogens is 240 g/mol. The van der Waals surface area contributed by atoms with Crippen molar-refractivity contribution in [2.45, 2.75) is 0 Å². The highest BCUT2D eigenvalue weighted by molar-refractivity contribution is 8.26. The van der Waals surface area contributed by atoms with E-state index < -0.39 is 0 Å². The van der Waals surface area contributed by atoms with Crippen molar-refractivity contribution < 1.29 is 4.79 Å². The molecule has 5 heteroatoms. The molecule has 0 aliphatic carbocycles. The maximum absolute atomic E-state index is 11.3. The zero-order chi connectivity index (χ0) is 11.4. The van der Waals surface area contributed by atoms with Crippen LogP contribution < -0.4 is 5.32 Å². The molecule has 16 heavy (non-hydrogen) atoms. The van der Waals surface area contributed by atoms with Gasteiger partial charge >= 0.3 is 0 Å². The number of pyridine rings is 1. The Morgan fingerprint density at radius 3 is 3.00 bits per heavy atom. The molecule has 0 spiro atoms. The molecule has 2 rings (SSSR count). The van der Waals surface area contributed by atoms with Crippen molar-refractivity contribution in [3.05, 3.63) is 47.1 Å². The van der Waals surface area contributed by atoms with Gasteiger partial charge in [0.1, 0.15) is 4.32 Å². The van der Waals surface area contributed by atoms with E-state index in [2.05, 4.69) is 10.3 Å². The Balaban J connectivity index is 2.07. The first-order chi connectivity index (χ1) is 7.75. The minimum Gasteiger partial charge on any atom is -0.307 e. The van der Waals surface area contributed by atoms with Crippen molar-refractivity contribution in [3.8, 4) is 0 Å². The van der Waals surface area contributed by atoms with Crippen LogP contribution in [0.1, 0.15) is 5.56 Å². The summed E-state index contributed by atoms with van der Waals surface area (Å²) in [4.78, 5) is 15.9. The van der Waals surface area contributed by atoms with Gasteiger partial charge in [-0.15, -0.1) is 0 Å². The Hall–Kier alpha value is -1.46. The lowest BCUT2D eigenvalue weighted by molar-refractivity contribution is -0.115. The molecule has 1 aliphatic heterocycles. The minimum atomic E-state index is -0.133. The van der Waals surface area contributed by atoms with Gasteiger partial charge in [-0.3, -0.25) is 9.78 Å². The zero-order valence-corrected chi connectivity index (χ0v) is 9.85. The summed E-state index contributed by atoms with van der Waals surface area (Å²) in [7, 11) is 0. The molecule has 0 radical (unpaired) electrons. The Bertz CT molecular complexity index is 480. The van der Waals surface area contributed by atoms with Gasteiger partial charge in [-0.2, -0.15) is 0 Å². The van der Waals surface area contributed by atoms with E-state index in [9.17, 15) is 4.79 Å². The highest BCUT2D eigenvalue weighted by atomic mass is 32.2. The Morgan fingerprint density at radius 1 is 1.50 bits per heavy atom. The van der Waals surface area contributed by atoms with Crippen LogP contribution in [-0.4, -0.2) is 15.2 Å². The monoisotopic (exact) mass is 248 g/mol. The number of amides is 1. The second kappa shape index (κ2) is 5.05. The molecule has 1 saturated heterocycles. The number of aromatic nitrogens is 1. The molecule has 80 valence electrons. The van der Waals surface area contributed by atoms with Crippen LogP contribution in [0.2, 0.25) is 0 Å². The maximum atomic E-state index is 11.3. The van der Waals surface area contributed by atoms with Gasteiger partial charge in [0.05, 0.1) is 4.91 Å². The standard InChI is InChI=1S/C11H8N2OS2/c14-10-9(16-11(15)13-10)5-1-3-8-4-2-6-12-7-8/h1-7H,(H,13,14,15)/b3-1+,9-5-. The van der Waals surface area contributed by atoms with Crippen LogP contribution in [0.25, 0.3) is 6.08 Å². The number of nitrogens with zero attached hydrogens (tertiary/aromatic N) is 1. The summed E-state index contributed by atoms with van der Waals surface area (Å²) in [5, 5.41) is 2.56. The van der Waals surface area contributed by atoms with Gasteiger partial charge in [0.2, 0.25) is 0 Å². The third kappa shape index (κ3) is 2.77. The second-order valence-corrected chi connectivity index (χ2v) is 4.74. The fraction of sp³-hybridized carbons (Fsp3) is 0. The van der Waals surface area contributed by atoms with E-state index in [-0.39, 0.29) is 5.91 Å². The SMILES string of the molecule is O=C1NC(=S)S/C1=C\C=C\c1cccnc1. The van der Waals surface area contributed by atoms with E-state index in [0.717, 1.165) is 5.56 Å². The van der Waals surface area contributed by atoms with E-state index in [1.54, 1.807) is 18.5 Å². The summed E-state index contributed by atoms with van der Waals surface area (Å²) < 4.78 is 0.506. The number of carbonyl (C=O) groups is 1. The first-order valence-corrected chi connectivity index (χ1v) is 5.80. The Morgan fingerprint density at radius 2 is 2.38 bits per heavy atom. The quantitative estimate of drug-likeness (QED) is 0.643. The molecule has 0 aromatic carbocycles. The largest absolute Gasteiger partial charge is 0.307 e. The molecule has 1 aliphatic rings. The number of allylic oxidation sites excluding steroid dienone is 2. The number of hydrogen-bond acceptors (Lipinski definition) is 4. The van der Waals surface area contributed by atoms with Crippen molar-refractivity contribution in [1.82, 2.24) is 10.3 Å².